The Morgan fingerprint density at radius 3 is 2.61 bits per heavy atom. The molecule has 0 fully saturated rings. The van der Waals surface area contributed by atoms with Crippen LogP contribution >= 0.6 is 15.9 Å². The quantitative estimate of drug-likeness (QED) is 0.943. The molecule has 94 valence electrons. The maximum Gasteiger partial charge on any atom is 0.115 e. The predicted octanol–water partition coefficient (Wildman–Crippen LogP) is 2.92. The van der Waals surface area contributed by atoms with Crippen molar-refractivity contribution in [2.24, 2.45) is 0 Å². The van der Waals surface area contributed by atoms with Crippen molar-refractivity contribution in [3.8, 4) is 0 Å². The lowest BCUT2D eigenvalue weighted by molar-refractivity contribution is 1.04. The van der Waals surface area contributed by atoms with Gasteiger partial charge in [0.15, 0.2) is 0 Å². The summed E-state index contributed by atoms with van der Waals surface area (Å²) in [5.41, 5.74) is 3.29. The first-order chi connectivity index (χ1) is 8.66. The number of hydrogen-bond donors (Lipinski definition) is 1. The first kappa shape index (κ1) is 12.8. The van der Waals surface area contributed by atoms with Gasteiger partial charge in [0.2, 0.25) is 0 Å². The predicted molar refractivity (Wildman–Crippen MR) is 77.8 cm³/mol. The van der Waals surface area contributed by atoms with E-state index in [1.807, 2.05) is 32.6 Å². The first-order valence-electron chi connectivity index (χ1n) is 5.61. The van der Waals surface area contributed by atoms with E-state index in [0.29, 0.717) is 6.54 Å². The van der Waals surface area contributed by atoms with Crippen molar-refractivity contribution in [2.75, 3.05) is 24.3 Å². The van der Waals surface area contributed by atoms with Gasteiger partial charge in [0.1, 0.15) is 6.33 Å². The molecular formula is C13H15BrN4. The van der Waals surface area contributed by atoms with Crippen molar-refractivity contribution in [1.82, 2.24) is 9.97 Å². The highest BCUT2D eigenvalue weighted by Gasteiger charge is 2.05. The van der Waals surface area contributed by atoms with Crippen LogP contribution in [0.2, 0.25) is 0 Å². The molecule has 18 heavy (non-hydrogen) atoms. The van der Waals surface area contributed by atoms with Crippen molar-refractivity contribution in [1.29, 1.82) is 0 Å². The maximum absolute atomic E-state index is 4.00. The molecule has 0 aliphatic rings. The molecule has 0 amide bonds. The standard InChI is InChI=1S/C13H15BrN4/c1-18(2)13-4-3-11(14)5-12(13)17-8-10-6-15-9-16-7-10/h3-7,9,17H,8H2,1-2H3. The van der Waals surface area contributed by atoms with Gasteiger partial charge in [0.25, 0.3) is 0 Å². The smallest absolute Gasteiger partial charge is 0.115 e. The molecule has 0 saturated carbocycles. The van der Waals surface area contributed by atoms with Gasteiger partial charge in [-0.1, -0.05) is 15.9 Å². The van der Waals surface area contributed by atoms with Gasteiger partial charge in [-0.3, -0.25) is 0 Å². The maximum atomic E-state index is 4.00. The number of anilines is 2. The highest BCUT2D eigenvalue weighted by atomic mass is 79.9. The normalized spacial score (nSPS) is 10.2. The molecule has 0 aliphatic carbocycles. The zero-order chi connectivity index (χ0) is 13.0. The van der Waals surface area contributed by atoms with E-state index in [1.165, 1.54) is 6.33 Å². The largest absolute Gasteiger partial charge is 0.379 e. The molecule has 2 aromatic rings. The zero-order valence-corrected chi connectivity index (χ0v) is 12.0. The summed E-state index contributed by atoms with van der Waals surface area (Å²) >= 11 is 3.49. The number of hydrogen-bond acceptors (Lipinski definition) is 4. The van der Waals surface area contributed by atoms with Crippen LogP contribution in [0.3, 0.4) is 0 Å². The van der Waals surface area contributed by atoms with E-state index in [0.717, 1.165) is 21.4 Å². The van der Waals surface area contributed by atoms with Crippen LogP contribution in [-0.4, -0.2) is 24.1 Å². The van der Waals surface area contributed by atoms with Crippen LogP contribution in [-0.2, 0) is 6.54 Å². The second kappa shape index (κ2) is 5.82. The number of rotatable bonds is 4. The zero-order valence-electron chi connectivity index (χ0n) is 10.4. The number of halogens is 1. The molecule has 1 N–H and O–H groups in total. The highest BCUT2D eigenvalue weighted by molar-refractivity contribution is 9.10. The van der Waals surface area contributed by atoms with Crippen molar-refractivity contribution < 1.29 is 0 Å². The summed E-state index contributed by atoms with van der Waals surface area (Å²) < 4.78 is 1.06. The second-order valence-corrected chi connectivity index (χ2v) is 5.07. The summed E-state index contributed by atoms with van der Waals surface area (Å²) in [5, 5.41) is 3.40. The van der Waals surface area contributed by atoms with Crippen LogP contribution < -0.4 is 10.2 Å². The third-order valence-electron chi connectivity index (χ3n) is 2.54. The lowest BCUT2D eigenvalue weighted by atomic mass is 10.2. The average Bonchev–Trinajstić information content (AvgIpc) is 2.37. The van der Waals surface area contributed by atoms with Crippen molar-refractivity contribution in [3.63, 3.8) is 0 Å². The van der Waals surface area contributed by atoms with E-state index >= 15 is 0 Å². The van der Waals surface area contributed by atoms with E-state index in [1.54, 1.807) is 0 Å². The summed E-state index contributed by atoms with van der Waals surface area (Å²) in [6, 6.07) is 6.18. The van der Waals surface area contributed by atoms with Crippen LogP contribution in [0.1, 0.15) is 5.56 Å². The van der Waals surface area contributed by atoms with Crippen LogP contribution in [0.4, 0.5) is 11.4 Å². The van der Waals surface area contributed by atoms with Crippen molar-refractivity contribution in [3.05, 3.63) is 47.0 Å². The molecule has 0 atom stereocenters. The topological polar surface area (TPSA) is 41.0 Å². The van der Waals surface area contributed by atoms with E-state index in [2.05, 4.69) is 48.2 Å². The minimum absolute atomic E-state index is 0.706. The Morgan fingerprint density at radius 1 is 1.22 bits per heavy atom. The van der Waals surface area contributed by atoms with Gasteiger partial charge in [-0.2, -0.15) is 0 Å². The van der Waals surface area contributed by atoms with Gasteiger partial charge in [-0.15, -0.1) is 0 Å². The third kappa shape index (κ3) is 3.20. The van der Waals surface area contributed by atoms with Crippen LogP contribution in [0.25, 0.3) is 0 Å². The average molecular weight is 307 g/mol. The summed E-state index contributed by atoms with van der Waals surface area (Å²) in [7, 11) is 4.06. The van der Waals surface area contributed by atoms with Gasteiger partial charge in [0.05, 0.1) is 11.4 Å². The SMILES string of the molecule is CN(C)c1ccc(Br)cc1NCc1cncnc1. The monoisotopic (exact) mass is 306 g/mol. The van der Waals surface area contributed by atoms with Crippen molar-refractivity contribution in [2.45, 2.75) is 6.54 Å². The molecule has 0 saturated heterocycles. The van der Waals surface area contributed by atoms with E-state index in [-0.39, 0.29) is 0 Å². The summed E-state index contributed by atoms with van der Waals surface area (Å²) in [6.07, 6.45) is 5.16. The Kier molecular flexibility index (Phi) is 4.15. The minimum atomic E-state index is 0.706. The fourth-order valence-electron chi connectivity index (χ4n) is 1.66. The van der Waals surface area contributed by atoms with Crippen molar-refractivity contribution >= 4 is 27.3 Å². The molecule has 0 unspecified atom stereocenters. The lowest BCUT2D eigenvalue weighted by Gasteiger charge is -2.18. The van der Waals surface area contributed by atoms with Crippen LogP contribution in [0, 0.1) is 0 Å². The van der Waals surface area contributed by atoms with E-state index in [9.17, 15) is 0 Å². The molecule has 1 aromatic carbocycles. The van der Waals surface area contributed by atoms with E-state index in [4.69, 9.17) is 0 Å². The fraction of sp³-hybridized carbons (Fsp3) is 0.231. The van der Waals surface area contributed by atoms with Gasteiger partial charge < -0.3 is 10.2 Å². The third-order valence-corrected chi connectivity index (χ3v) is 3.03. The molecule has 1 heterocycles. The molecule has 0 aliphatic heterocycles. The van der Waals surface area contributed by atoms with Crippen LogP contribution in [0.5, 0.6) is 0 Å². The second-order valence-electron chi connectivity index (χ2n) is 4.16. The Balaban J connectivity index is 2.15. The molecule has 0 bridgehead atoms. The Bertz CT molecular complexity index is 514. The number of aromatic nitrogens is 2. The summed E-state index contributed by atoms with van der Waals surface area (Å²) in [5.74, 6) is 0. The molecule has 0 radical (unpaired) electrons. The molecule has 4 nitrogen and oxygen atoms in total. The Hall–Kier alpha value is -1.62. The molecular weight excluding hydrogens is 292 g/mol. The van der Waals surface area contributed by atoms with E-state index < -0.39 is 0 Å². The lowest BCUT2D eigenvalue weighted by Crippen LogP contribution is -2.12. The first-order valence-corrected chi connectivity index (χ1v) is 6.41. The van der Waals surface area contributed by atoms with Gasteiger partial charge >= 0.3 is 0 Å². The van der Waals surface area contributed by atoms with Crippen LogP contribution in [0.15, 0.2) is 41.4 Å². The van der Waals surface area contributed by atoms with Gasteiger partial charge in [-0.25, -0.2) is 9.97 Å². The minimum Gasteiger partial charge on any atom is -0.379 e. The molecule has 1 aromatic heterocycles. The van der Waals surface area contributed by atoms with Gasteiger partial charge in [-0.05, 0) is 18.2 Å². The Morgan fingerprint density at radius 2 is 1.94 bits per heavy atom. The molecule has 2 rings (SSSR count). The van der Waals surface area contributed by atoms with Gasteiger partial charge in [0, 0.05) is 43.1 Å². The number of nitrogens with zero attached hydrogens (tertiary/aromatic N) is 3. The number of nitrogens with one attached hydrogen (secondary N) is 1. The summed E-state index contributed by atoms with van der Waals surface area (Å²) in [6.45, 7) is 0.706. The molecule has 0 spiro atoms. The Labute approximate surface area is 115 Å². The highest BCUT2D eigenvalue weighted by Crippen LogP contribution is 2.28. The fourth-order valence-corrected chi connectivity index (χ4v) is 2.02. The molecule has 5 heteroatoms. The summed E-state index contributed by atoms with van der Waals surface area (Å²) in [4.78, 5) is 10.1. The number of benzene rings is 1.